The lowest BCUT2D eigenvalue weighted by Gasteiger charge is -2.11. The Morgan fingerprint density at radius 2 is 1.88 bits per heavy atom. The fraction of sp³-hybridized carbons (Fsp3) is 0.278. The summed E-state index contributed by atoms with van der Waals surface area (Å²) in [6.45, 7) is 0.334. The molecule has 0 atom stereocenters. The van der Waals surface area contributed by atoms with Gasteiger partial charge in [-0.3, -0.25) is 4.79 Å². The van der Waals surface area contributed by atoms with Crippen molar-refractivity contribution < 1.29 is 17.9 Å². The van der Waals surface area contributed by atoms with E-state index >= 15 is 0 Å². The number of ether oxygens (including phenoxy) is 1. The summed E-state index contributed by atoms with van der Waals surface area (Å²) in [5.74, 6) is 0.575. The smallest absolute Gasteiger partial charge is 0.240 e. The number of rotatable bonds is 6. The first-order valence-electron chi connectivity index (χ1n) is 8.25. The van der Waals surface area contributed by atoms with Crippen molar-refractivity contribution in [3.05, 3.63) is 53.1 Å². The van der Waals surface area contributed by atoms with Crippen LogP contribution in [0.25, 0.3) is 0 Å². The van der Waals surface area contributed by atoms with Crippen LogP contribution in [0.5, 0.6) is 5.75 Å². The number of sulfonamides is 1. The number of carbonyl (C=O) groups excluding carboxylic acids is 1. The van der Waals surface area contributed by atoms with Crippen molar-refractivity contribution in [3.63, 3.8) is 0 Å². The van der Waals surface area contributed by atoms with Crippen molar-refractivity contribution in [2.75, 3.05) is 18.5 Å². The van der Waals surface area contributed by atoms with E-state index in [9.17, 15) is 13.2 Å². The molecule has 1 heterocycles. The molecule has 2 N–H and O–H groups in total. The second-order valence-electron chi connectivity index (χ2n) is 5.92. The van der Waals surface area contributed by atoms with E-state index in [2.05, 4.69) is 10.0 Å². The monoisotopic (exact) mass is 394 g/mol. The Balaban J connectivity index is 1.60. The molecule has 0 saturated heterocycles. The number of hydrogen-bond acceptors (Lipinski definition) is 4. The lowest BCUT2D eigenvalue weighted by molar-refractivity contribution is -0.116. The lowest BCUT2D eigenvalue weighted by atomic mass is 10.1. The van der Waals surface area contributed by atoms with Crippen LogP contribution in [0.3, 0.4) is 0 Å². The Kier molecular flexibility index (Phi) is 5.80. The molecule has 2 aromatic carbocycles. The zero-order chi connectivity index (χ0) is 18.6. The van der Waals surface area contributed by atoms with Gasteiger partial charge in [0, 0.05) is 23.7 Å². The van der Waals surface area contributed by atoms with E-state index in [4.69, 9.17) is 16.3 Å². The first-order valence-corrected chi connectivity index (χ1v) is 10.1. The van der Waals surface area contributed by atoms with Gasteiger partial charge in [-0.05, 0) is 60.9 Å². The summed E-state index contributed by atoms with van der Waals surface area (Å²) in [6, 6.07) is 11.6. The molecule has 1 aliphatic heterocycles. The highest BCUT2D eigenvalue weighted by molar-refractivity contribution is 7.89. The molecule has 1 aliphatic rings. The molecule has 1 amide bonds. The van der Waals surface area contributed by atoms with Crippen molar-refractivity contribution in [1.29, 1.82) is 0 Å². The molecular weight excluding hydrogens is 376 g/mol. The van der Waals surface area contributed by atoms with Gasteiger partial charge < -0.3 is 10.1 Å². The predicted octanol–water partition coefficient (Wildman–Crippen LogP) is 2.97. The summed E-state index contributed by atoms with van der Waals surface area (Å²) in [7, 11) is -3.64. The van der Waals surface area contributed by atoms with Crippen LogP contribution in [0.2, 0.25) is 5.02 Å². The average Bonchev–Trinajstić information content (AvgIpc) is 2.80. The molecule has 6 nitrogen and oxygen atoms in total. The maximum atomic E-state index is 12.5. The van der Waals surface area contributed by atoms with Crippen molar-refractivity contribution in [2.24, 2.45) is 0 Å². The van der Waals surface area contributed by atoms with E-state index in [1.54, 1.807) is 36.4 Å². The fourth-order valence-electron chi connectivity index (χ4n) is 2.68. The topological polar surface area (TPSA) is 84.5 Å². The Morgan fingerprint density at radius 1 is 1.12 bits per heavy atom. The zero-order valence-corrected chi connectivity index (χ0v) is 15.6. The molecule has 0 aliphatic carbocycles. The molecule has 3 rings (SSSR count). The summed E-state index contributed by atoms with van der Waals surface area (Å²) in [5.41, 5.74) is 1.51. The minimum atomic E-state index is -3.64. The van der Waals surface area contributed by atoms with Crippen LogP contribution in [0.15, 0.2) is 47.4 Å². The standard InChI is InChI=1S/C18H19ClN2O4S/c19-14-4-6-15(7-5-14)25-11-10-20-26(23,24)16-8-9-17-13(12-16)2-1-3-18(22)21-17/h4-9,12,20H,1-3,10-11H2,(H,21,22). The van der Waals surface area contributed by atoms with E-state index in [0.717, 1.165) is 5.56 Å². The lowest BCUT2D eigenvalue weighted by Crippen LogP contribution is -2.28. The first-order chi connectivity index (χ1) is 12.4. The number of halogens is 1. The second-order valence-corrected chi connectivity index (χ2v) is 8.12. The molecule has 8 heteroatoms. The highest BCUT2D eigenvalue weighted by atomic mass is 35.5. The van der Waals surface area contributed by atoms with Crippen LogP contribution in [0, 0.1) is 0 Å². The van der Waals surface area contributed by atoms with Gasteiger partial charge in [-0.2, -0.15) is 0 Å². The number of nitrogens with one attached hydrogen (secondary N) is 2. The number of amides is 1. The Hall–Kier alpha value is -2.09. The maximum Gasteiger partial charge on any atom is 0.240 e. The van der Waals surface area contributed by atoms with Crippen LogP contribution >= 0.6 is 11.6 Å². The Bertz CT molecular complexity index is 898. The van der Waals surface area contributed by atoms with Crippen molar-refractivity contribution >= 4 is 33.2 Å². The van der Waals surface area contributed by atoms with Gasteiger partial charge in [0.05, 0.1) is 4.90 Å². The minimum Gasteiger partial charge on any atom is -0.492 e. The van der Waals surface area contributed by atoms with Gasteiger partial charge in [-0.1, -0.05) is 11.6 Å². The normalized spacial score (nSPS) is 14.3. The van der Waals surface area contributed by atoms with Gasteiger partial charge in [0.25, 0.3) is 0 Å². The number of benzene rings is 2. The second kappa shape index (κ2) is 8.07. The van der Waals surface area contributed by atoms with Crippen molar-refractivity contribution in [1.82, 2.24) is 4.72 Å². The number of hydrogen-bond donors (Lipinski definition) is 2. The molecule has 26 heavy (non-hydrogen) atoms. The molecule has 0 fully saturated rings. The molecule has 138 valence electrons. The zero-order valence-electron chi connectivity index (χ0n) is 14.0. The summed E-state index contributed by atoms with van der Waals surface area (Å²) >= 11 is 5.80. The summed E-state index contributed by atoms with van der Waals surface area (Å²) in [6.07, 6.45) is 1.80. The van der Waals surface area contributed by atoms with E-state index < -0.39 is 10.0 Å². The molecule has 0 radical (unpaired) electrons. The molecule has 0 unspecified atom stereocenters. The Labute approximate surface area is 157 Å². The van der Waals surface area contributed by atoms with Crippen LogP contribution in [0.1, 0.15) is 18.4 Å². The summed E-state index contributed by atoms with van der Waals surface area (Å²) in [5, 5.41) is 3.40. The van der Waals surface area contributed by atoms with E-state index in [-0.39, 0.29) is 24.0 Å². The van der Waals surface area contributed by atoms with Crippen LogP contribution < -0.4 is 14.8 Å². The summed E-state index contributed by atoms with van der Waals surface area (Å²) in [4.78, 5) is 11.8. The largest absolute Gasteiger partial charge is 0.492 e. The summed E-state index contributed by atoms with van der Waals surface area (Å²) < 4.78 is 32.9. The molecule has 2 aromatic rings. The first kappa shape index (κ1) is 18.7. The molecule has 0 saturated carbocycles. The molecule has 0 aromatic heterocycles. The SMILES string of the molecule is O=C1CCCc2cc(S(=O)(=O)NCCOc3ccc(Cl)cc3)ccc2N1. The van der Waals surface area contributed by atoms with E-state index in [1.165, 1.54) is 6.07 Å². The number of aryl methyl sites for hydroxylation is 1. The average molecular weight is 395 g/mol. The number of fused-ring (bicyclic) bond motifs is 1. The predicted molar refractivity (Wildman–Crippen MR) is 100 cm³/mol. The highest BCUT2D eigenvalue weighted by Gasteiger charge is 2.18. The van der Waals surface area contributed by atoms with Gasteiger partial charge in [-0.25, -0.2) is 13.1 Å². The van der Waals surface area contributed by atoms with E-state index in [0.29, 0.717) is 35.7 Å². The molecule has 0 spiro atoms. The molecular formula is C18H19ClN2O4S. The third-order valence-electron chi connectivity index (χ3n) is 3.99. The Morgan fingerprint density at radius 3 is 2.65 bits per heavy atom. The maximum absolute atomic E-state index is 12.5. The number of carbonyl (C=O) groups is 1. The van der Waals surface area contributed by atoms with Crippen LogP contribution in [-0.2, 0) is 21.2 Å². The quantitative estimate of drug-likeness (QED) is 0.737. The minimum absolute atomic E-state index is 0.0446. The third kappa shape index (κ3) is 4.75. The van der Waals surface area contributed by atoms with Gasteiger partial charge in [0.2, 0.25) is 15.9 Å². The highest BCUT2D eigenvalue weighted by Crippen LogP contribution is 2.25. The van der Waals surface area contributed by atoms with Crippen LogP contribution in [-0.4, -0.2) is 27.5 Å². The van der Waals surface area contributed by atoms with Gasteiger partial charge in [0.1, 0.15) is 12.4 Å². The van der Waals surface area contributed by atoms with Crippen LogP contribution in [0.4, 0.5) is 5.69 Å². The number of anilines is 1. The fourth-order valence-corrected chi connectivity index (χ4v) is 3.87. The van der Waals surface area contributed by atoms with Gasteiger partial charge in [-0.15, -0.1) is 0 Å². The van der Waals surface area contributed by atoms with Gasteiger partial charge >= 0.3 is 0 Å². The molecule has 0 bridgehead atoms. The van der Waals surface area contributed by atoms with Gasteiger partial charge in [0.15, 0.2) is 0 Å². The van der Waals surface area contributed by atoms with E-state index in [1.807, 2.05) is 0 Å². The third-order valence-corrected chi connectivity index (χ3v) is 5.70. The van der Waals surface area contributed by atoms with Crippen molar-refractivity contribution in [3.8, 4) is 5.75 Å². The van der Waals surface area contributed by atoms with Crippen molar-refractivity contribution in [2.45, 2.75) is 24.2 Å².